The third-order valence-electron chi connectivity index (χ3n) is 3.48. The van der Waals surface area contributed by atoms with Crippen molar-refractivity contribution in [3.63, 3.8) is 0 Å². The van der Waals surface area contributed by atoms with Gasteiger partial charge in [-0.1, -0.05) is 6.07 Å². The van der Waals surface area contributed by atoms with Gasteiger partial charge in [0.2, 0.25) is 0 Å². The highest BCUT2D eigenvalue weighted by molar-refractivity contribution is 7.92. The lowest BCUT2D eigenvalue weighted by molar-refractivity contribution is 0.211. The van der Waals surface area contributed by atoms with Crippen LogP contribution in [0.4, 0.5) is 11.4 Å². The third-order valence-corrected chi connectivity index (χ3v) is 5.22. The third kappa shape index (κ3) is 5.26. The molecule has 0 spiro atoms. The van der Waals surface area contributed by atoms with Crippen LogP contribution in [0.5, 0.6) is 5.75 Å². The molecule has 0 saturated heterocycles. The second-order valence-electron chi connectivity index (χ2n) is 5.52. The van der Waals surface area contributed by atoms with Crippen molar-refractivity contribution in [3.8, 4) is 5.75 Å². The maximum absolute atomic E-state index is 12.6. The minimum atomic E-state index is -3.74. The van der Waals surface area contributed by atoms with Crippen LogP contribution in [0, 0.1) is 6.92 Å². The molecule has 0 aromatic heterocycles. The zero-order valence-electron chi connectivity index (χ0n) is 14.0. The first-order valence-electron chi connectivity index (χ1n) is 7.61. The number of rotatable bonds is 8. The summed E-state index contributed by atoms with van der Waals surface area (Å²) in [7, 11) is -2.26. The van der Waals surface area contributed by atoms with Crippen LogP contribution < -0.4 is 14.8 Å². The monoisotopic (exact) mass is 384 g/mol. The molecule has 0 aliphatic carbocycles. The average molecular weight is 385 g/mol. The number of nitrogens with one attached hydrogen (secondary N) is 2. The Hall–Kier alpha value is -1.96. The predicted molar refractivity (Wildman–Crippen MR) is 100 cm³/mol. The molecule has 2 aromatic rings. The van der Waals surface area contributed by atoms with Gasteiger partial charge in [0, 0.05) is 12.2 Å². The maximum atomic E-state index is 12.6. The summed E-state index contributed by atoms with van der Waals surface area (Å²) in [6, 6.07) is 11.5. The van der Waals surface area contributed by atoms with Crippen LogP contribution in [0.15, 0.2) is 47.4 Å². The minimum Gasteiger partial charge on any atom is -0.495 e. The van der Waals surface area contributed by atoms with Gasteiger partial charge in [0.15, 0.2) is 0 Å². The van der Waals surface area contributed by atoms with Gasteiger partial charge in [-0.25, -0.2) is 8.42 Å². The quantitative estimate of drug-likeness (QED) is 0.609. The average Bonchev–Trinajstić information content (AvgIpc) is 2.60. The summed E-state index contributed by atoms with van der Waals surface area (Å²) in [6.07, 6.45) is -0.666. The molecule has 2 aromatic carbocycles. The summed E-state index contributed by atoms with van der Waals surface area (Å²) in [5.41, 5.74) is 1.99. The number of sulfonamides is 1. The Bertz CT molecular complexity index is 810. The topological polar surface area (TPSA) is 87.7 Å². The first-order chi connectivity index (χ1) is 11.9. The number of aryl methyl sites for hydroxylation is 1. The zero-order valence-corrected chi connectivity index (χ0v) is 15.6. The van der Waals surface area contributed by atoms with Crippen molar-refractivity contribution in [1.29, 1.82) is 0 Å². The summed E-state index contributed by atoms with van der Waals surface area (Å²) < 4.78 is 32.9. The number of aliphatic hydroxyl groups excluding tert-OH is 1. The van der Waals surface area contributed by atoms with E-state index in [1.807, 2.05) is 13.0 Å². The van der Waals surface area contributed by atoms with Crippen LogP contribution in [0.1, 0.15) is 5.56 Å². The maximum Gasteiger partial charge on any atom is 0.262 e. The van der Waals surface area contributed by atoms with E-state index in [1.165, 1.54) is 19.2 Å². The predicted octanol–water partition coefficient (Wildman–Crippen LogP) is 2.82. The number of aliphatic hydroxyl groups is 1. The summed E-state index contributed by atoms with van der Waals surface area (Å²) in [5.74, 6) is 0.573. The fraction of sp³-hybridized carbons (Fsp3) is 0.294. The van der Waals surface area contributed by atoms with E-state index in [9.17, 15) is 13.5 Å². The number of hydrogen-bond donors (Lipinski definition) is 3. The van der Waals surface area contributed by atoms with Crippen molar-refractivity contribution in [2.45, 2.75) is 17.9 Å². The number of halogens is 1. The van der Waals surface area contributed by atoms with Crippen LogP contribution in [-0.2, 0) is 10.0 Å². The lowest BCUT2D eigenvalue weighted by atomic mass is 10.2. The molecule has 1 atom stereocenters. The Morgan fingerprint density at radius 2 is 1.88 bits per heavy atom. The van der Waals surface area contributed by atoms with E-state index in [-0.39, 0.29) is 17.3 Å². The van der Waals surface area contributed by atoms with Gasteiger partial charge in [0.25, 0.3) is 10.0 Å². The van der Waals surface area contributed by atoms with E-state index in [0.717, 1.165) is 5.56 Å². The fourth-order valence-corrected chi connectivity index (χ4v) is 3.32. The highest BCUT2D eigenvalue weighted by atomic mass is 35.5. The van der Waals surface area contributed by atoms with Gasteiger partial charge in [0.1, 0.15) is 5.75 Å². The van der Waals surface area contributed by atoms with Crippen LogP contribution in [0.3, 0.4) is 0 Å². The summed E-state index contributed by atoms with van der Waals surface area (Å²) in [6.45, 7) is 2.15. The molecule has 1 unspecified atom stereocenters. The number of ether oxygens (including phenoxy) is 1. The highest BCUT2D eigenvalue weighted by Gasteiger charge is 2.16. The van der Waals surface area contributed by atoms with Crippen molar-refractivity contribution in [2.24, 2.45) is 0 Å². The van der Waals surface area contributed by atoms with Gasteiger partial charge in [-0.15, -0.1) is 11.6 Å². The standard InChI is InChI=1S/C17H21ClN2O4S/c1-12-3-8-17(24-2)16(9-12)20-25(22,23)15-6-4-13(5-7-15)19-11-14(21)10-18/h3-9,14,19-21H,10-11H2,1-2H3. The minimum absolute atomic E-state index is 0.125. The molecule has 0 aliphatic rings. The van der Waals surface area contributed by atoms with Gasteiger partial charge in [-0.3, -0.25) is 4.72 Å². The van der Waals surface area contributed by atoms with Gasteiger partial charge in [-0.05, 0) is 48.9 Å². The number of benzene rings is 2. The molecule has 0 aliphatic heterocycles. The van der Waals surface area contributed by atoms with Gasteiger partial charge in [-0.2, -0.15) is 0 Å². The molecule has 6 nitrogen and oxygen atoms in total. The van der Waals surface area contributed by atoms with Gasteiger partial charge >= 0.3 is 0 Å². The fourth-order valence-electron chi connectivity index (χ4n) is 2.15. The smallest absolute Gasteiger partial charge is 0.262 e. The van der Waals surface area contributed by atoms with Crippen LogP contribution in [0.2, 0.25) is 0 Å². The Kier molecular flexibility index (Phi) is 6.52. The van der Waals surface area contributed by atoms with Crippen molar-refractivity contribution < 1.29 is 18.3 Å². The molecule has 8 heteroatoms. The molecule has 0 fully saturated rings. The number of alkyl halides is 1. The highest BCUT2D eigenvalue weighted by Crippen LogP contribution is 2.28. The SMILES string of the molecule is COc1ccc(C)cc1NS(=O)(=O)c1ccc(NCC(O)CCl)cc1. The molecule has 0 heterocycles. The van der Waals surface area contributed by atoms with Crippen molar-refractivity contribution in [1.82, 2.24) is 0 Å². The van der Waals surface area contributed by atoms with Gasteiger partial charge < -0.3 is 15.2 Å². The number of anilines is 2. The van der Waals surface area contributed by atoms with Crippen LogP contribution in [-0.4, -0.2) is 39.2 Å². The van der Waals surface area contributed by atoms with E-state index < -0.39 is 16.1 Å². The largest absolute Gasteiger partial charge is 0.495 e. The summed E-state index contributed by atoms with van der Waals surface area (Å²) in [5, 5.41) is 12.4. The molecule has 0 saturated carbocycles. The Morgan fingerprint density at radius 1 is 1.20 bits per heavy atom. The first kappa shape index (κ1) is 19.4. The zero-order chi connectivity index (χ0) is 18.4. The molecule has 136 valence electrons. The summed E-state index contributed by atoms with van der Waals surface area (Å²) >= 11 is 5.53. The molecule has 2 rings (SSSR count). The molecule has 25 heavy (non-hydrogen) atoms. The Labute approximate surface area is 152 Å². The lowest BCUT2D eigenvalue weighted by Gasteiger charge is -2.13. The van der Waals surface area contributed by atoms with Crippen molar-refractivity contribution >= 4 is 33.0 Å². The van der Waals surface area contributed by atoms with E-state index in [1.54, 1.807) is 24.3 Å². The summed E-state index contributed by atoms with van der Waals surface area (Å²) in [4.78, 5) is 0.125. The van der Waals surface area contributed by atoms with Crippen molar-refractivity contribution in [3.05, 3.63) is 48.0 Å². The molecule has 0 bridgehead atoms. The van der Waals surface area contributed by atoms with Crippen LogP contribution >= 0.6 is 11.6 Å². The second kappa shape index (κ2) is 8.42. The van der Waals surface area contributed by atoms with Crippen molar-refractivity contribution in [2.75, 3.05) is 29.6 Å². The number of hydrogen-bond acceptors (Lipinski definition) is 5. The first-order valence-corrected chi connectivity index (χ1v) is 9.63. The Morgan fingerprint density at radius 3 is 2.48 bits per heavy atom. The molecular weight excluding hydrogens is 364 g/mol. The van der Waals surface area contributed by atoms with E-state index in [4.69, 9.17) is 16.3 Å². The number of methoxy groups -OCH3 is 1. The molecule has 0 amide bonds. The van der Waals surface area contributed by atoms with Gasteiger partial charge in [0.05, 0.1) is 29.7 Å². The molecule has 0 radical (unpaired) electrons. The molecule has 3 N–H and O–H groups in total. The lowest BCUT2D eigenvalue weighted by Crippen LogP contribution is -2.20. The molecular formula is C17H21ClN2O4S. The van der Waals surface area contributed by atoms with E-state index in [0.29, 0.717) is 17.1 Å². The van der Waals surface area contributed by atoms with E-state index >= 15 is 0 Å². The van der Waals surface area contributed by atoms with E-state index in [2.05, 4.69) is 10.0 Å². The normalized spacial score (nSPS) is 12.5. The Balaban J connectivity index is 2.16. The second-order valence-corrected chi connectivity index (χ2v) is 7.51. The van der Waals surface area contributed by atoms with Crippen LogP contribution in [0.25, 0.3) is 0 Å².